The first-order valence-corrected chi connectivity index (χ1v) is 7.00. The van der Waals surface area contributed by atoms with E-state index in [-0.39, 0.29) is 6.04 Å². The van der Waals surface area contributed by atoms with E-state index in [1.54, 1.807) is 20.4 Å². The van der Waals surface area contributed by atoms with Crippen molar-refractivity contribution in [1.82, 2.24) is 10.3 Å². The highest BCUT2D eigenvalue weighted by atomic mass is 79.9. The second-order valence-corrected chi connectivity index (χ2v) is 5.06. The molecule has 1 atom stereocenters. The first kappa shape index (κ1) is 14.8. The molecular weight excluding hydrogens is 320 g/mol. The lowest BCUT2D eigenvalue weighted by Gasteiger charge is -2.19. The van der Waals surface area contributed by atoms with Crippen molar-refractivity contribution < 1.29 is 9.47 Å². The maximum Gasteiger partial charge on any atom is 0.142 e. The standard InChI is InChI=1S/C15H17BrN2O2/c1-17-14(15-13(20-3)5-4-8-18-15)10-6-7-12(19-2)11(16)9-10/h4-9,14,17H,1-3H3. The Kier molecular flexibility index (Phi) is 4.98. The summed E-state index contributed by atoms with van der Waals surface area (Å²) in [5.74, 6) is 1.57. The molecule has 2 aromatic rings. The van der Waals surface area contributed by atoms with Crippen molar-refractivity contribution >= 4 is 15.9 Å². The quantitative estimate of drug-likeness (QED) is 0.910. The lowest BCUT2D eigenvalue weighted by Crippen LogP contribution is -2.19. The summed E-state index contributed by atoms with van der Waals surface area (Å²) in [5.41, 5.74) is 1.94. The highest BCUT2D eigenvalue weighted by molar-refractivity contribution is 9.10. The molecule has 0 bridgehead atoms. The van der Waals surface area contributed by atoms with Gasteiger partial charge in [-0.1, -0.05) is 6.07 Å². The first-order valence-electron chi connectivity index (χ1n) is 6.20. The highest BCUT2D eigenvalue weighted by Gasteiger charge is 2.18. The summed E-state index contributed by atoms with van der Waals surface area (Å²) < 4.78 is 11.6. The molecule has 0 aliphatic rings. The highest BCUT2D eigenvalue weighted by Crippen LogP contribution is 2.32. The Hall–Kier alpha value is -1.59. The predicted molar refractivity (Wildman–Crippen MR) is 82.4 cm³/mol. The fourth-order valence-electron chi connectivity index (χ4n) is 2.12. The zero-order chi connectivity index (χ0) is 14.5. The molecule has 0 radical (unpaired) electrons. The molecule has 2 rings (SSSR count). The Morgan fingerprint density at radius 1 is 1.15 bits per heavy atom. The van der Waals surface area contributed by atoms with Crippen LogP contribution in [-0.2, 0) is 0 Å². The summed E-state index contributed by atoms with van der Waals surface area (Å²) in [5, 5.41) is 3.27. The van der Waals surface area contributed by atoms with Gasteiger partial charge in [-0.2, -0.15) is 0 Å². The Morgan fingerprint density at radius 3 is 2.50 bits per heavy atom. The summed E-state index contributed by atoms with van der Waals surface area (Å²) >= 11 is 3.51. The van der Waals surface area contributed by atoms with E-state index in [0.29, 0.717) is 0 Å². The fourth-order valence-corrected chi connectivity index (χ4v) is 2.67. The molecule has 0 saturated heterocycles. The first-order chi connectivity index (χ1) is 9.71. The SMILES string of the molecule is CNC(c1ccc(OC)c(Br)c1)c1ncccc1OC. The number of ether oxygens (including phenoxy) is 2. The topological polar surface area (TPSA) is 43.4 Å². The van der Waals surface area contributed by atoms with Crippen LogP contribution in [0, 0.1) is 0 Å². The molecular formula is C15H17BrN2O2. The van der Waals surface area contributed by atoms with Crippen LogP contribution >= 0.6 is 15.9 Å². The summed E-state index contributed by atoms with van der Waals surface area (Å²) in [6, 6.07) is 9.68. The molecule has 0 fully saturated rings. The van der Waals surface area contributed by atoms with Gasteiger partial charge in [0.2, 0.25) is 0 Å². The van der Waals surface area contributed by atoms with E-state index in [0.717, 1.165) is 27.2 Å². The number of rotatable bonds is 5. The molecule has 0 saturated carbocycles. The third kappa shape index (κ3) is 2.94. The van der Waals surface area contributed by atoms with Gasteiger partial charge in [0.1, 0.15) is 17.2 Å². The van der Waals surface area contributed by atoms with Crippen LogP contribution < -0.4 is 14.8 Å². The van der Waals surface area contributed by atoms with E-state index < -0.39 is 0 Å². The average molecular weight is 337 g/mol. The summed E-state index contributed by atoms with van der Waals surface area (Å²) in [6.45, 7) is 0. The van der Waals surface area contributed by atoms with Crippen LogP contribution in [0.15, 0.2) is 41.0 Å². The van der Waals surface area contributed by atoms with Gasteiger partial charge in [0.25, 0.3) is 0 Å². The van der Waals surface area contributed by atoms with E-state index in [9.17, 15) is 0 Å². The van der Waals surface area contributed by atoms with Crippen molar-refractivity contribution in [2.24, 2.45) is 0 Å². The number of nitrogens with zero attached hydrogens (tertiary/aromatic N) is 1. The molecule has 4 nitrogen and oxygen atoms in total. The van der Waals surface area contributed by atoms with Crippen LogP contribution in [0.5, 0.6) is 11.5 Å². The molecule has 1 heterocycles. The molecule has 1 N–H and O–H groups in total. The number of aromatic nitrogens is 1. The van der Waals surface area contributed by atoms with Crippen LogP contribution in [0.1, 0.15) is 17.3 Å². The predicted octanol–water partition coefficient (Wildman–Crippen LogP) is 3.17. The van der Waals surface area contributed by atoms with Crippen molar-refractivity contribution in [1.29, 1.82) is 0 Å². The lowest BCUT2D eigenvalue weighted by molar-refractivity contribution is 0.401. The number of methoxy groups -OCH3 is 2. The zero-order valence-electron chi connectivity index (χ0n) is 11.7. The second-order valence-electron chi connectivity index (χ2n) is 4.21. The van der Waals surface area contributed by atoms with E-state index in [2.05, 4.69) is 26.2 Å². The van der Waals surface area contributed by atoms with Gasteiger partial charge in [0.05, 0.1) is 24.7 Å². The number of halogens is 1. The monoisotopic (exact) mass is 336 g/mol. The van der Waals surface area contributed by atoms with Crippen LogP contribution in [0.2, 0.25) is 0 Å². The Bertz CT molecular complexity index is 590. The molecule has 1 aromatic heterocycles. The summed E-state index contributed by atoms with van der Waals surface area (Å²) in [7, 11) is 5.20. The summed E-state index contributed by atoms with van der Waals surface area (Å²) in [6.07, 6.45) is 1.76. The lowest BCUT2D eigenvalue weighted by atomic mass is 10.0. The third-order valence-electron chi connectivity index (χ3n) is 3.09. The zero-order valence-corrected chi connectivity index (χ0v) is 13.3. The number of nitrogens with one attached hydrogen (secondary N) is 1. The Balaban J connectivity index is 2.44. The summed E-state index contributed by atoms with van der Waals surface area (Å²) in [4.78, 5) is 4.44. The van der Waals surface area contributed by atoms with Gasteiger partial charge < -0.3 is 14.8 Å². The minimum Gasteiger partial charge on any atom is -0.496 e. The molecule has 0 spiro atoms. The van der Waals surface area contributed by atoms with E-state index in [1.165, 1.54) is 0 Å². The van der Waals surface area contributed by atoms with Gasteiger partial charge in [-0.05, 0) is 52.8 Å². The number of benzene rings is 1. The second kappa shape index (κ2) is 6.72. The molecule has 0 amide bonds. The molecule has 5 heteroatoms. The van der Waals surface area contributed by atoms with Gasteiger partial charge in [-0.15, -0.1) is 0 Å². The molecule has 20 heavy (non-hydrogen) atoms. The van der Waals surface area contributed by atoms with Crippen molar-refractivity contribution in [3.05, 3.63) is 52.3 Å². The van der Waals surface area contributed by atoms with Crippen LogP contribution in [0.3, 0.4) is 0 Å². The van der Waals surface area contributed by atoms with Gasteiger partial charge in [0, 0.05) is 6.20 Å². The van der Waals surface area contributed by atoms with Crippen LogP contribution in [0.4, 0.5) is 0 Å². The number of pyridine rings is 1. The third-order valence-corrected chi connectivity index (χ3v) is 3.71. The molecule has 1 unspecified atom stereocenters. The number of hydrogen-bond donors (Lipinski definition) is 1. The van der Waals surface area contributed by atoms with Gasteiger partial charge >= 0.3 is 0 Å². The van der Waals surface area contributed by atoms with Gasteiger partial charge in [-0.3, -0.25) is 4.98 Å². The molecule has 106 valence electrons. The van der Waals surface area contributed by atoms with Crippen LogP contribution in [-0.4, -0.2) is 26.3 Å². The average Bonchev–Trinajstić information content (AvgIpc) is 2.49. The minimum absolute atomic E-state index is 0.0478. The molecule has 0 aliphatic heterocycles. The largest absolute Gasteiger partial charge is 0.496 e. The van der Waals surface area contributed by atoms with E-state index >= 15 is 0 Å². The fraction of sp³-hybridized carbons (Fsp3) is 0.267. The van der Waals surface area contributed by atoms with Crippen molar-refractivity contribution in [3.8, 4) is 11.5 Å². The van der Waals surface area contributed by atoms with Gasteiger partial charge in [0.15, 0.2) is 0 Å². The normalized spacial score (nSPS) is 12.0. The van der Waals surface area contributed by atoms with Crippen molar-refractivity contribution in [2.75, 3.05) is 21.3 Å². The smallest absolute Gasteiger partial charge is 0.142 e. The van der Waals surface area contributed by atoms with Crippen LogP contribution in [0.25, 0.3) is 0 Å². The Labute approximate surface area is 127 Å². The molecule has 0 aliphatic carbocycles. The number of hydrogen-bond acceptors (Lipinski definition) is 4. The van der Waals surface area contributed by atoms with Gasteiger partial charge in [-0.25, -0.2) is 0 Å². The van der Waals surface area contributed by atoms with E-state index in [4.69, 9.17) is 9.47 Å². The Morgan fingerprint density at radius 2 is 1.90 bits per heavy atom. The maximum absolute atomic E-state index is 5.39. The molecule has 1 aromatic carbocycles. The van der Waals surface area contributed by atoms with Crippen molar-refractivity contribution in [2.45, 2.75) is 6.04 Å². The van der Waals surface area contributed by atoms with Crippen molar-refractivity contribution in [3.63, 3.8) is 0 Å². The minimum atomic E-state index is -0.0478. The maximum atomic E-state index is 5.39. The van der Waals surface area contributed by atoms with E-state index in [1.807, 2.05) is 37.4 Å².